The molecule has 152 valence electrons. The number of aromatic hydroxyl groups is 1. The average Bonchev–Trinajstić information content (AvgIpc) is 2.75. The van der Waals surface area contributed by atoms with Gasteiger partial charge in [-0.25, -0.2) is 0 Å². The molecule has 1 saturated heterocycles. The van der Waals surface area contributed by atoms with Gasteiger partial charge in [0.2, 0.25) is 11.8 Å². The van der Waals surface area contributed by atoms with Crippen LogP contribution in [-0.2, 0) is 40.3 Å². The van der Waals surface area contributed by atoms with E-state index in [0.717, 1.165) is 42.4 Å². The molecule has 2 aromatic rings. The number of amides is 2. The van der Waals surface area contributed by atoms with Gasteiger partial charge in [-0.15, -0.1) is 0 Å². The van der Waals surface area contributed by atoms with Crippen LogP contribution in [0.4, 0.5) is 0 Å². The third-order valence-electron chi connectivity index (χ3n) is 5.76. The van der Waals surface area contributed by atoms with E-state index in [2.05, 4.69) is 5.32 Å². The fraction of sp³-hybridized carbons (Fsp3) is 0.391. The van der Waals surface area contributed by atoms with E-state index in [-0.39, 0.29) is 37.3 Å². The van der Waals surface area contributed by atoms with Crippen molar-refractivity contribution in [3.8, 4) is 5.75 Å². The molecule has 0 saturated carbocycles. The smallest absolute Gasteiger partial charge is 0.249 e. The van der Waals surface area contributed by atoms with Gasteiger partial charge in [0.05, 0.1) is 6.61 Å². The van der Waals surface area contributed by atoms with Crippen LogP contribution < -0.4 is 5.32 Å². The van der Waals surface area contributed by atoms with Crippen LogP contribution in [-0.4, -0.2) is 41.1 Å². The Morgan fingerprint density at radius 1 is 1.14 bits per heavy atom. The molecular weight excluding hydrogens is 368 g/mol. The van der Waals surface area contributed by atoms with Crippen LogP contribution in [0.5, 0.6) is 5.75 Å². The molecule has 2 N–H and O–H groups in total. The average molecular weight is 394 g/mol. The standard InChI is InChI=1S/C23H26N2O4/c26-21-11-10-17-8-4-5-9-18(17)19(21)12-24-23(28)20-14-29-15-22(27)25(20)13-16-6-2-1-3-7-16/h1-3,6-7,10-11,20,26H,4-5,8-9,12-15H2,(H,24,28)/t20-/m1/s1. The van der Waals surface area contributed by atoms with Crippen LogP contribution in [0.2, 0.25) is 0 Å². The number of morpholine rings is 1. The predicted molar refractivity (Wildman–Crippen MR) is 108 cm³/mol. The van der Waals surface area contributed by atoms with Crippen LogP contribution in [0.1, 0.15) is 35.1 Å². The number of hydrogen-bond acceptors (Lipinski definition) is 4. The maximum Gasteiger partial charge on any atom is 0.249 e. The maximum atomic E-state index is 12.9. The van der Waals surface area contributed by atoms with Gasteiger partial charge in [-0.05, 0) is 48.4 Å². The first kappa shape index (κ1) is 19.5. The number of aryl methyl sites for hydroxylation is 1. The summed E-state index contributed by atoms with van der Waals surface area (Å²) in [5.74, 6) is -0.245. The van der Waals surface area contributed by atoms with Crippen LogP contribution in [0.15, 0.2) is 42.5 Å². The number of nitrogens with one attached hydrogen (secondary N) is 1. The summed E-state index contributed by atoms with van der Waals surface area (Å²) in [6.07, 6.45) is 4.17. The zero-order chi connectivity index (χ0) is 20.2. The highest BCUT2D eigenvalue weighted by Crippen LogP contribution is 2.30. The highest BCUT2D eigenvalue weighted by molar-refractivity contribution is 5.89. The summed E-state index contributed by atoms with van der Waals surface area (Å²) in [5, 5.41) is 13.3. The zero-order valence-electron chi connectivity index (χ0n) is 16.4. The Balaban J connectivity index is 1.48. The molecule has 1 aliphatic heterocycles. The fourth-order valence-electron chi connectivity index (χ4n) is 4.18. The van der Waals surface area contributed by atoms with Gasteiger partial charge in [0.25, 0.3) is 0 Å². The quantitative estimate of drug-likeness (QED) is 0.816. The normalized spacial score (nSPS) is 19.0. The lowest BCUT2D eigenvalue weighted by Crippen LogP contribution is -2.55. The highest BCUT2D eigenvalue weighted by Gasteiger charge is 2.34. The molecule has 2 aliphatic rings. The van der Waals surface area contributed by atoms with Crippen LogP contribution in [0.25, 0.3) is 0 Å². The van der Waals surface area contributed by atoms with Crippen molar-refractivity contribution in [3.05, 3.63) is 64.7 Å². The molecule has 2 aromatic carbocycles. The molecule has 1 aliphatic carbocycles. The lowest BCUT2D eigenvalue weighted by atomic mass is 9.87. The maximum absolute atomic E-state index is 12.9. The van der Waals surface area contributed by atoms with Gasteiger partial charge in [0.1, 0.15) is 18.4 Å². The van der Waals surface area contributed by atoms with E-state index < -0.39 is 6.04 Å². The van der Waals surface area contributed by atoms with Crippen LogP contribution in [0.3, 0.4) is 0 Å². The number of phenolic OH excluding ortho intramolecular Hbond substituents is 1. The molecule has 1 fully saturated rings. The molecule has 4 rings (SSSR count). The minimum absolute atomic E-state index is 0.0103. The predicted octanol–water partition coefficient (Wildman–Crippen LogP) is 2.31. The third kappa shape index (κ3) is 4.27. The monoisotopic (exact) mass is 394 g/mol. The summed E-state index contributed by atoms with van der Waals surface area (Å²) >= 11 is 0. The van der Waals surface area contributed by atoms with E-state index in [0.29, 0.717) is 6.54 Å². The molecule has 0 bridgehead atoms. The summed E-state index contributed by atoms with van der Waals surface area (Å²) in [6.45, 7) is 0.775. The Hall–Kier alpha value is -2.86. The Kier molecular flexibility index (Phi) is 5.81. The molecule has 1 heterocycles. The van der Waals surface area contributed by atoms with Crippen molar-refractivity contribution in [3.63, 3.8) is 0 Å². The van der Waals surface area contributed by atoms with Crippen molar-refractivity contribution in [2.45, 2.75) is 44.8 Å². The van der Waals surface area contributed by atoms with Crippen molar-refractivity contribution < 1.29 is 19.4 Å². The van der Waals surface area contributed by atoms with E-state index in [4.69, 9.17) is 4.74 Å². The highest BCUT2D eigenvalue weighted by atomic mass is 16.5. The number of hydrogen-bond donors (Lipinski definition) is 2. The molecule has 29 heavy (non-hydrogen) atoms. The first-order chi connectivity index (χ1) is 14.1. The number of carbonyl (C=O) groups excluding carboxylic acids is 2. The minimum atomic E-state index is -0.682. The van der Waals surface area contributed by atoms with Gasteiger partial charge >= 0.3 is 0 Å². The Bertz CT molecular complexity index is 897. The van der Waals surface area contributed by atoms with E-state index in [9.17, 15) is 14.7 Å². The molecule has 6 heteroatoms. The second kappa shape index (κ2) is 8.66. The lowest BCUT2D eigenvalue weighted by molar-refractivity contribution is -0.155. The number of fused-ring (bicyclic) bond motifs is 1. The van der Waals surface area contributed by atoms with Gasteiger partial charge < -0.3 is 20.1 Å². The molecule has 0 spiro atoms. The van der Waals surface area contributed by atoms with Gasteiger partial charge in [0, 0.05) is 18.7 Å². The third-order valence-corrected chi connectivity index (χ3v) is 5.76. The van der Waals surface area contributed by atoms with Crippen molar-refractivity contribution in [2.75, 3.05) is 13.2 Å². The SMILES string of the molecule is O=C(NCc1c(O)ccc2c1CCCC2)[C@H]1COCC(=O)N1Cc1ccccc1. The summed E-state index contributed by atoms with van der Waals surface area (Å²) in [5.41, 5.74) is 4.15. The summed E-state index contributed by atoms with van der Waals surface area (Å²) in [4.78, 5) is 26.9. The number of carbonyl (C=O) groups is 2. The minimum Gasteiger partial charge on any atom is -0.508 e. The van der Waals surface area contributed by atoms with Crippen LogP contribution >= 0.6 is 0 Å². The number of ether oxygens (including phenoxy) is 1. The zero-order valence-corrected chi connectivity index (χ0v) is 16.4. The van der Waals surface area contributed by atoms with Gasteiger partial charge in [-0.2, -0.15) is 0 Å². The second-order valence-corrected chi connectivity index (χ2v) is 7.66. The summed E-state index contributed by atoms with van der Waals surface area (Å²) in [6, 6.07) is 12.6. The molecule has 0 radical (unpaired) electrons. The Labute approximate surface area is 170 Å². The molecule has 2 amide bonds. The number of rotatable bonds is 5. The van der Waals surface area contributed by atoms with Crippen molar-refractivity contribution in [1.82, 2.24) is 10.2 Å². The first-order valence-corrected chi connectivity index (χ1v) is 10.1. The lowest BCUT2D eigenvalue weighted by Gasteiger charge is -2.34. The summed E-state index contributed by atoms with van der Waals surface area (Å²) in [7, 11) is 0. The number of benzene rings is 2. The van der Waals surface area contributed by atoms with E-state index >= 15 is 0 Å². The fourth-order valence-corrected chi connectivity index (χ4v) is 4.18. The summed E-state index contributed by atoms with van der Waals surface area (Å²) < 4.78 is 5.35. The molecule has 0 unspecified atom stereocenters. The second-order valence-electron chi connectivity index (χ2n) is 7.66. The van der Waals surface area contributed by atoms with Gasteiger partial charge in [0.15, 0.2) is 0 Å². The molecule has 6 nitrogen and oxygen atoms in total. The van der Waals surface area contributed by atoms with Gasteiger partial charge in [-0.3, -0.25) is 9.59 Å². The van der Waals surface area contributed by atoms with Crippen molar-refractivity contribution in [2.24, 2.45) is 0 Å². The topological polar surface area (TPSA) is 78.9 Å². The first-order valence-electron chi connectivity index (χ1n) is 10.1. The molecule has 0 aromatic heterocycles. The molecule has 1 atom stereocenters. The largest absolute Gasteiger partial charge is 0.508 e. The van der Waals surface area contributed by atoms with Gasteiger partial charge in [-0.1, -0.05) is 36.4 Å². The van der Waals surface area contributed by atoms with E-state index in [1.807, 2.05) is 36.4 Å². The Morgan fingerprint density at radius 3 is 2.76 bits per heavy atom. The number of phenols is 1. The van der Waals surface area contributed by atoms with Crippen LogP contribution in [0, 0.1) is 0 Å². The van der Waals surface area contributed by atoms with Crippen molar-refractivity contribution >= 4 is 11.8 Å². The van der Waals surface area contributed by atoms with Crippen molar-refractivity contribution in [1.29, 1.82) is 0 Å². The Morgan fingerprint density at radius 2 is 1.93 bits per heavy atom. The van der Waals surface area contributed by atoms with E-state index in [1.165, 1.54) is 5.56 Å². The van der Waals surface area contributed by atoms with E-state index in [1.54, 1.807) is 11.0 Å². The number of nitrogens with zero attached hydrogens (tertiary/aromatic N) is 1. The molecular formula is C23H26N2O4.